The molecule has 1 aromatic heterocycles. The summed E-state index contributed by atoms with van der Waals surface area (Å²) in [4.78, 5) is 0. The lowest BCUT2D eigenvalue weighted by Crippen LogP contribution is -2.58. The van der Waals surface area contributed by atoms with Gasteiger partial charge in [0.2, 0.25) is 5.92 Å². The molecule has 0 radical (unpaired) electrons. The highest BCUT2D eigenvalue weighted by molar-refractivity contribution is 5.24. The first kappa shape index (κ1) is 13.1. The van der Waals surface area contributed by atoms with Crippen LogP contribution in [-0.4, -0.2) is 17.0 Å². The first-order valence-electron chi connectivity index (χ1n) is 7.21. The van der Waals surface area contributed by atoms with Crippen LogP contribution in [-0.2, 0) is 0 Å². The Morgan fingerprint density at radius 2 is 1.95 bits per heavy atom. The summed E-state index contributed by atoms with van der Waals surface area (Å²) in [5.74, 6) is -2.44. The van der Waals surface area contributed by atoms with E-state index < -0.39 is 5.92 Å². The molecule has 0 aromatic carbocycles. The zero-order valence-corrected chi connectivity index (χ0v) is 11.6. The van der Waals surface area contributed by atoms with E-state index in [1.807, 2.05) is 0 Å². The predicted molar refractivity (Wildman–Crippen MR) is 71.4 cm³/mol. The van der Waals surface area contributed by atoms with E-state index in [0.29, 0.717) is 18.9 Å². The Morgan fingerprint density at radius 3 is 2.42 bits per heavy atom. The molecule has 1 aliphatic heterocycles. The van der Waals surface area contributed by atoms with Crippen LogP contribution in [0.4, 0.5) is 8.78 Å². The third kappa shape index (κ3) is 2.20. The highest BCUT2D eigenvalue weighted by Gasteiger charge is 2.52. The molecule has 106 valence electrons. The molecule has 19 heavy (non-hydrogen) atoms. The molecule has 1 unspecified atom stereocenters. The lowest BCUT2D eigenvalue weighted by Gasteiger charge is -2.54. The number of hydrogen-bond donors (Lipinski definition) is 1. The maximum atomic E-state index is 13.3. The molecular weight excluding hydrogens is 246 g/mol. The third-order valence-corrected chi connectivity index (χ3v) is 4.91. The van der Waals surface area contributed by atoms with Gasteiger partial charge in [-0.15, -0.1) is 0 Å². The Hall–Kier alpha value is -0.900. The summed E-state index contributed by atoms with van der Waals surface area (Å²) in [7, 11) is 0. The second-order valence-electron chi connectivity index (χ2n) is 6.52. The Kier molecular flexibility index (Phi) is 2.97. The molecule has 1 N–H and O–H groups in total. The second kappa shape index (κ2) is 4.30. The van der Waals surface area contributed by atoms with Crippen LogP contribution >= 0.6 is 0 Å². The van der Waals surface area contributed by atoms with Gasteiger partial charge < -0.3 is 9.88 Å². The van der Waals surface area contributed by atoms with Gasteiger partial charge in [0.05, 0.1) is 0 Å². The fourth-order valence-corrected chi connectivity index (χ4v) is 3.47. The summed E-state index contributed by atoms with van der Waals surface area (Å²) in [6.07, 6.45) is 5.64. The van der Waals surface area contributed by atoms with Gasteiger partial charge in [-0.3, -0.25) is 0 Å². The second-order valence-corrected chi connectivity index (χ2v) is 6.52. The van der Waals surface area contributed by atoms with Crippen LogP contribution in [0.25, 0.3) is 0 Å². The number of halogens is 2. The van der Waals surface area contributed by atoms with Gasteiger partial charge in [0.25, 0.3) is 0 Å². The van der Waals surface area contributed by atoms with Gasteiger partial charge in [-0.05, 0) is 38.3 Å². The average Bonchev–Trinajstić information content (AvgIpc) is 2.77. The molecule has 0 bridgehead atoms. The highest BCUT2D eigenvalue weighted by atomic mass is 19.3. The minimum Gasteiger partial charge on any atom is -0.351 e. The van der Waals surface area contributed by atoms with Gasteiger partial charge in [-0.1, -0.05) is 0 Å². The van der Waals surface area contributed by atoms with Gasteiger partial charge >= 0.3 is 0 Å². The molecule has 1 saturated carbocycles. The van der Waals surface area contributed by atoms with Crippen molar-refractivity contribution in [1.29, 1.82) is 0 Å². The number of aromatic nitrogens is 1. The van der Waals surface area contributed by atoms with Gasteiger partial charge in [-0.25, -0.2) is 8.78 Å². The molecule has 2 nitrogen and oxygen atoms in total. The normalized spacial score (nSPS) is 28.6. The molecule has 1 saturated heterocycles. The zero-order chi connectivity index (χ0) is 13.7. The molecule has 1 aromatic rings. The summed E-state index contributed by atoms with van der Waals surface area (Å²) in [5.41, 5.74) is 1.33. The topological polar surface area (TPSA) is 17.0 Å². The minimum atomic E-state index is -2.44. The highest BCUT2D eigenvalue weighted by Crippen LogP contribution is 2.54. The molecule has 1 spiro atoms. The molecular formula is C15H22F2N2. The quantitative estimate of drug-likeness (QED) is 0.860. The summed E-state index contributed by atoms with van der Waals surface area (Å²) < 4.78 is 28.8. The fourth-order valence-electron chi connectivity index (χ4n) is 3.47. The number of hydrogen-bond acceptors (Lipinski definition) is 1. The average molecular weight is 268 g/mol. The maximum absolute atomic E-state index is 13.3. The Labute approximate surface area is 113 Å². The monoisotopic (exact) mass is 268 g/mol. The summed E-state index contributed by atoms with van der Waals surface area (Å²) in [5, 5.41) is 3.44. The number of rotatable bonds is 2. The van der Waals surface area contributed by atoms with Crippen LogP contribution in [0, 0.1) is 5.41 Å². The van der Waals surface area contributed by atoms with E-state index in [-0.39, 0.29) is 24.3 Å². The predicted octanol–water partition coefficient (Wildman–Crippen LogP) is 3.91. The first-order valence-corrected chi connectivity index (χ1v) is 7.21. The molecule has 1 atom stereocenters. The molecule has 2 aliphatic rings. The van der Waals surface area contributed by atoms with Gasteiger partial charge in [0, 0.05) is 49.3 Å². The standard InChI is InChI=1S/C15H22F2N2/c1-11(2)19-8-3-12(9-19)13-14(10-18-13)4-6-15(16,17)7-5-14/h3,8-9,11,13,18H,4-7,10H2,1-2H3. The number of nitrogens with one attached hydrogen (secondary N) is 1. The van der Waals surface area contributed by atoms with Crippen molar-refractivity contribution in [2.75, 3.05) is 6.54 Å². The Balaban J connectivity index is 1.75. The fraction of sp³-hybridized carbons (Fsp3) is 0.733. The van der Waals surface area contributed by atoms with E-state index >= 15 is 0 Å². The number of alkyl halides is 2. The third-order valence-electron chi connectivity index (χ3n) is 4.91. The lowest BCUT2D eigenvalue weighted by molar-refractivity contribution is -0.0955. The molecule has 0 amide bonds. The van der Waals surface area contributed by atoms with Crippen molar-refractivity contribution in [2.45, 2.75) is 57.5 Å². The van der Waals surface area contributed by atoms with E-state index in [1.165, 1.54) is 5.56 Å². The molecule has 3 rings (SSSR count). The van der Waals surface area contributed by atoms with Crippen LogP contribution in [0.1, 0.15) is 57.2 Å². The van der Waals surface area contributed by atoms with E-state index in [2.05, 4.69) is 42.2 Å². The van der Waals surface area contributed by atoms with E-state index in [9.17, 15) is 8.78 Å². The maximum Gasteiger partial charge on any atom is 0.248 e. The van der Waals surface area contributed by atoms with E-state index in [0.717, 1.165) is 6.54 Å². The van der Waals surface area contributed by atoms with Gasteiger partial charge in [0.15, 0.2) is 0 Å². The van der Waals surface area contributed by atoms with Crippen molar-refractivity contribution in [2.24, 2.45) is 5.41 Å². The minimum absolute atomic E-state index is 0.0517. The molecule has 4 heteroatoms. The molecule has 2 fully saturated rings. The van der Waals surface area contributed by atoms with E-state index in [4.69, 9.17) is 0 Å². The van der Waals surface area contributed by atoms with Crippen LogP contribution in [0.5, 0.6) is 0 Å². The Bertz CT molecular complexity index is 454. The smallest absolute Gasteiger partial charge is 0.248 e. The molecule has 1 aliphatic carbocycles. The summed E-state index contributed by atoms with van der Waals surface area (Å²) >= 11 is 0. The van der Waals surface area contributed by atoms with Crippen LogP contribution in [0.2, 0.25) is 0 Å². The summed E-state index contributed by atoms with van der Waals surface area (Å²) in [6.45, 7) is 5.18. The van der Waals surface area contributed by atoms with Crippen molar-refractivity contribution in [3.8, 4) is 0 Å². The SMILES string of the molecule is CC(C)n1ccc(C2NCC23CCC(F)(F)CC3)c1. The van der Waals surface area contributed by atoms with Crippen LogP contribution in [0.15, 0.2) is 18.5 Å². The van der Waals surface area contributed by atoms with Crippen molar-refractivity contribution in [3.05, 3.63) is 24.0 Å². The Morgan fingerprint density at radius 1 is 1.26 bits per heavy atom. The van der Waals surface area contributed by atoms with Crippen molar-refractivity contribution in [1.82, 2.24) is 9.88 Å². The van der Waals surface area contributed by atoms with E-state index in [1.54, 1.807) is 0 Å². The zero-order valence-electron chi connectivity index (χ0n) is 11.6. The first-order chi connectivity index (χ1) is 8.92. The van der Waals surface area contributed by atoms with Crippen molar-refractivity contribution >= 4 is 0 Å². The van der Waals surface area contributed by atoms with Gasteiger partial charge in [-0.2, -0.15) is 0 Å². The van der Waals surface area contributed by atoms with Crippen molar-refractivity contribution in [3.63, 3.8) is 0 Å². The number of nitrogens with zero attached hydrogens (tertiary/aromatic N) is 1. The lowest BCUT2D eigenvalue weighted by atomic mass is 9.62. The largest absolute Gasteiger partial charge is 0.351 e. The van der Waals surface area contributed by atoms with Gasteiger partial charge in [0.1, 0.15) is 0 Å². The van der Waals surface area contributed by atoms with Crippen LogP contribution < -0.4 is 5.32 Å². The van der Waals surface area contributed by atoms with Crippen LogP contribution in [0.3, 0.4) is 0 Å². The van der Waals surface area contributed by atoms with Crippen molar-refractivity contribution < 1.29 is 8.78 Å². The molecule has 2 heterocycles. The summed E-state index contributed by atoms with van der Waals surface area (Å²) in [6, 6.07) is 2.84.